The van der Waals surface area contributed by atoms with Crippen LogP contribution >= 0.6 is 0 Å². The number of carbonyl (C=O) groups is 2. The molecule has 1 unspecified atom stereocenters. The lowest BCUT2D eigenvalue weighted by molar-refractivity contribution is -0.159. The summed E-state index contributed by atoms with van der Waals surface area (Å²) >= 11 is 0. The van der Waals surface area contributed by atoms with Gasteiger partial charge in [-0.3, -0.25) is 4.79 Å². The molecular weight excluding hydrogens is 236 g/mol. The molecule has 1 amide bonds. The van der Waals surface area contributed by atoms with Crippen LogP contribution in [0.25, 0.3) is 0 Å². The van der Waals surface area contributed by atoms with Crippen LogP contribution in [-0.4, -0.2) is 54.2 Å². The summed E-state index contributed by atoms with van der Waals surface area (Å²) in [6.07, 6.45) is 3.48. The predicted molar refractivity (Wildman–Crippen MR) is 66.1 cm³/mol. The van der Waals surface area contributed by atoms with E-state index in [1.807, 2.05) is 0 Å². The Morgan fingerprint density at radius 3 is 2.67 bits per heavy atom. The normalized spacial score (nSPS) is 19.8. The minimum Gasteiger partial charge on any atom is -0.479 e. The maximum atomic E-state index is 11.9. The number of nitrogens with zero attached hydrogens (tertiary/aromatic N) is 1. The molecule has 6 nitrogen and oxygen atoms in total. The van der Waals surface area contributed by atoms with Crippen molar-refractivity contribution in [1.29, 1.82) is 0 Å². The maximum absolute atomic E-state index is 11.9. The zero-order chi connectivity index (χ0) is 13.4. The van der Waals surface area contributed by atoms with Gasteiger partial charge in [-0.25, -0.2) is 4.79 Å². The van der Waals surface area contributed by atoms with E-state index in [-0.39, 0.29) is 12.5 Å². The summed E-state index contributed by atoms with van der Waals surface area (Å²) in [6, 6.07) is 0. The first-order chi connectivity index (χ1) is 8.65. The quantitative estimate of drug-likeness (QED) is 0.637. The van der Waals surface area contributed by atoms with Crippen molar-refractivity contribution < 1.29 is 19.4 Å². The Bertz CT molecular complexity index is 283. The van der Waals surface area contributed by atoms with Crippen molar-refractivity contribution in [2.24, 2.45) is 5.73 Å². The summed E-state index contributed by atoms with van der Waals surface area (Å²) in [6.45, 7) is 1.65. The number of amides is 1. The van der Waals surface area contributed by atoms with Crippen LogP contribution in [0.5, 0.6) is 0 Å². The highest BCUT2D eigenvalue weighted by atomic mass is 16.5. The van der Waals surface area contributed by atoms with Gasteiger partial charge in [-0.15, -0.1) is 0 Å². The fourth-order valence-electron chi connectivity index (χ4n) is 1.96. The molecule has 1 aliphatic heterocycles. The van der Waals surface area contributed by atoms with Crippen molar-refractivity contribution in [2.45, 2.75) is 38.2 Å². The van der Waals surface area contributed by atoms with Gasteiger partial charge in [-0.1, -0.05) is 12.8 Å². The molecule has 18 heavy (non-hydrogen) atoms. The van der Waals surface area contributed by atoms with Gasteiger partial charge >= 0.3 is 5.97 Å². The predicted octanol–water partition coefficient (Wildman–Crippen LogP) is 0.208. The summed E-state index contributed by atoms with van der Waals surface area (Å²) in [7, 11) is 0. The molecule has 1 fully saturated rings. The van der Waals surface area contributed by atoms with E-state index in [2.05, 4.69) is 0 Å². The summed E-state index contributed by atoms with van der Waals surface area (Å²) < 4.78 is 5.07. The molecule has 0 bridgehead atoms. The van der Waals surface area contributed by atoms with Crippen LogP contribution in [0, 0.1) is 0 Å². The molecule has 0 saturated carbocycles. The van der Waals surface area contributed by atoms with E-state index < -0.39 is 12.1 Å². The molecule has 1 saturated heterocycles. The van der Waals surface area contributed by atoms with E-state index >= 15 is 0 Å². The fraction of sp³-hybridized carbons (Fsp3) is 0.833. The molecule has 0 aromatic heterocycles. The molecule has 0 radical (unpaired) electrons. The lowest BCUT2D eigenvalue weighted by Gasteiger charge is -2.30. The number of ether oxygens (including phenoxy) is 1. The summed E-state index contributed by atoms with van der Waals surface area (Å²) in [5.74, 6) is -0.979. The average molecular weight is 258 g/mol. The Kier molecular flexibility index (Phi) is 6.67. The minimum atomic E-state index is -1.00. The van der Waals surface area contributed by atoms with E-state index in [1.54, 1.807) is 4.90 Å². The average Bonchev–Trinajstić information content (AvgIpc) is 2.38. The topological polar surface area (TPSA) is 92.9 Å². The first-order valence-electron chi connectivity index (χ1n) is 6.47. The highest BCUT2D eigenvalue weighted by Gasteiger charge is 2.28. The molecule has 1 heterocycles. The highest BCUT2D eigenvalue weighted by molar-refractivity contribution is 5.78. The van der Waals surface area contributed by atoms with Gasteiger partial charge in [-0.05, 0) is 19.4 Å². The Labute approximate surface area is 107 Å². The zero-order valence-corrected chi connectivity index (χ0v) is 10.6. The number of carboxylic acids is 1. The fourth-order valence-corrected chi connectivity index (χ4v) is 1.96. The molecule has 104 valence electrons. The van der Waals surface area contributed by atoms with Crippen molar-refractivity contribution in [3.63, 3.8) is 0 Å². The van der Waals surface area contributed by atoms with E-state index in [0.29, 0.717) is 26.1 Å². The maximum Gasteiger partial charge on any atom is 0.334 e. The van der Waals surface area contributed by atoms with Crippen molar-refractivity contribution in [1.82, 2.24) is 4.90 Å². The molecule has 3 N–H and O–H groups in total. The van der Waals surface area contributed by atoms with Gasteiger partial charge in [0.2, 0.25) is 5.91 Å². The molecule has 0 spiro atoms. The Morgan fingerprint density at radius 1 is 1.28 bits per heavy atom. The van der Waals surface area contributed by atoms with Crippen molar-refractivity contribution >= 4 is 11.9 Å². The first-order valence-corrected chi connectivity index (χ1v) is 6.47. The summed E-state index contributed by atoms with van der Waals surface area (Å²) in [4.78, 5) is 24.2. The van der Waals surface area contributed by atoms with E-state index in [4.69, 9.17) is 15.6 Å². The van der Waals surface area contributed by atoms with Crippen molar-refractivity contribution in [3.05, 3.63) is 0 Å². The lowest BCUT2D eigenvalue weighted by atomic mass is 10.1. The minimum absolute atomic E-state index is 0.0253. The Balaban J connectivity index is 2.22. The summed E-state index contributed by atoms with van der Waals surface area (Å²) in [5, 5.41) is 8.84. The van der Waals surface area contributed by atoms with Crippen LogP contribution in [0.2, 0.25) is 0 Å². The monoisotopic (exact) mass is 258 g/mol. The van der Waals surface area contributed by atoms with Gasteiger partial charge in [0.05, 0.1) is 13.2 Å². The Morgan fingerprint density at radius 2 is 2.00 bits per heavy atom. The van der Waals surface area contributed by atoms with Gasteiger partial charge in [-0.2, -0.15) is 0 Å². The second-order valence-corrected chi connectivity index (χ2v) is 4.49. The largest absolute Gasteiger partial charge is 0.479 e. The third-order valence-electron chi connectivity index (χ3n) is 3.04. The SMILES string of the molecule is NCCCCCCC(=O)N1CCOC(C(=O)O)C1. The second-order valence-electron chi connectivity index (χ2n) is 4.49. The van der Waals surface area contributed by atoms with Gasteiger partial charge in [0.15, 0.2) is 6.10 Å². The van der Waals surface area contributed by atoms with Crippen LogP contribution in [-0.2, 0) is 14.3 Å². The summed E-state index contributed by atoms with van der Waals surface area (Å²) in [5.41, 5.74) is 5.39. The number of morpholine rings is 1. The number of nitrogens with two attached hydrogens (primary N) is 1. The van der Waals surface area contributed by atoms with Crippen LogP contribution in [0.3, 0.4) is 0 Å². The van der Waals surface area contributed by atoms with Gasteiger partial charge in [0.1, 0.15) is 0 Å². The second kappa shape index (κ2) is 8.05. The third-order valence-corrected chi connectivity index (χ3v) is 3.04. The Hall–Kier alpha value is -1.14. The van der Waals surface area contributed by atoms with Crippen molar-refractivity contribution in [3.8, 4) is 0 Å². The first kappa shape index (κ1) is 14.9. The number of unbranched alkanes of at least 4 members (excludes halogenated alkanes) is 3. The number of rotatable bonds is 7. The van der Waals surface area contributed by atoms with Crippen molar-refractivity contribution in [2.75, 3.05) is 26.2 Å². The zero-order valence-electron chi connectivity index (χ0n) is 10.6. The molecule has 1 atom stereocenters. The molecule has 0 aromatic carbocycles. The number of aliphatic carboxylic acids is 1. The molecular formula is C12H22N2O4. The molecule has 6 heteroatoms. The number of hydrogen-bond donors (Lipinski definition) is 2. The number of carboxylic acid groups (broad SMARTS) is 1. The van der Waals surface area contributed by atoms with Gasteiger partial charge < -0.3 is 20.5 Å². The molecule has 1 rings (SSSR count). The van der Waals surface area contributed by atoms with Gasteiger partial charge in [0.25, 0.3) is 0 Å². The number of carbonyl (C=O) groups excluding carboxylic acids is 1. The standard InChI is InChI=1S/C12H22N2O4/c13-6-4-2-1-3-5-11(15)14-7-8-18-10(9-14)12(16)17/h10H,1-9,13H2,(H,16,17). The van der Waals surface area contributed by atoms with Crippen LogP contribution in [0.4, 0.5) is 0 Å². The van der Waals surface area contributed by atoms with E-state index in [1.165, 1.54) is 0 Å². The van der Waals surface area contributed by atoms with Gasteiger partial charge in [0, 0.05) is 13.0 Å². The lowest BCUT2D eigenvalue weighted by Crippen LogP contribution is -2.48. The molecule has 1 aliphatic rings. The van der Waals surface area contributed by atoms with Crippen LogP contribution < -0.4 is 5.73 Å². The van der Waals surface area contributed by atoms with Crippen LogP contribution in [0.15, 0.2) is 0 Å². The van der Waals surface area contributed by atoms with Crippen LogP contribution in [0.1, 0.15) is 32.1 Å². The third kappa shape index (κ3) is 5.01. The van der Waals surface area contributed by atoms with E-state index in [0.717, 1.165) is 25.7 Å². The molecule has 0 aromatic rings. The highest BCUT2D eigenvalue weighted by Crippen LogP contribution is 2.10. The smallest absolute Gasteiger partial charge is 0.334 e. The molecule has 0 aliphatic carbocycles. The van der Waals surface area contributed by atoms with E-state index in [9.17, 15) is 9.59 Å². The number of hydrogen-bond acceptors (Lipinski definition) is 4.